The number of nitrogens with zero attached hydrogens (tertiary/aromatic N) is 1. The average molecular weight is 412 g/mol. The van der Waals surface area contributed by atoms with Crippen LogP contribution in [0.5, 0.6) is 0 Å². The highest BCUT2D eigenvalue weighted by atomic mass is 32.2. The smallest absolute Gasteiger partial charge is 0.348 e. The van der Waals surface area contributed by atoms with Crippen LogP contribution in [0.1, 0.15) is 21.5 Å². The van der Waals surface area contributed by atoms with Gasteiger partial charge >= 0.3 is 6.18 Å². The first-order chi connectivity index (χ1) is 13.0. The van der Waals surface area contributed by atoms with Crippen LogP contribution in [0.2, 0.25) is 0 Å². The third kappa shape index (κ3) is 5.59. The first-order valence-electron chi connectivity index (χ1n) is 8.15. The number of benzene rings is 2. The van der Waals surface area contributed by atoms with E-state index < -0.39 is 27.7 Å². The lowest BCUT2D eigenvalue weighted by Crippen LogP contribution is -2.30. The summed E-state index contributed by atoms with van der Waals surface area (Å²) in [5, 5.41) is 2.54. The number of carbonyl (C=O) groups is 1. The molecule has 150 valence electrons. The molecule has 1 N–H and O–H groups in total. The number of hydrogen-bond acceptors (Lipinski definition) is 3. The van der Waals surface area contributed by atoms with Crippen LogP contribution >= 0.6 is 0 Å². The van der Waals surface area contributed by atoms with E-state index in [1.807, 2.05) is 0 Å². The number of nitrogens with one attached hydrogen (secondary N) is 1. The molecule has 0 bridgehead atoms. The molecule has 2 aromatic carbocycles. The Labute approximate surface area is 161 Å². The second-order valence-corrected chi connectivity index (χ2v) is 7.92. The number of alkyl halides is 3. The zero-order valence-corrected chi connectivity index (χ0v) is 15.8. The molecule has 9 heteroatoms. The van der Waals surface area contributed by atoms with Crippen molar-refractivity contribution in [2.75, 3.05) is 17.1 Å². The first-order valence-corrected chi connectivity index (χ1v) is 10.00. The molecule has 0 radical (unpaired) electrons. The van der Waals surface area contributed by atoms with Crippen LogP contribution < -0.4 is 9.62 Å². The van der Waals surface area contributed by atoms with Crippen molar-refractivity contribution in [3.63, 3.8) is 0 Å². The molecule has 2 aromatic rings. The van der Waals surface area contributed by atoms with Gasteiger partial charge in [-0.3, -0.25) is 9.10 Å². The second-order valence-electron chi connectivity index (χ2n) is 6.01. The van der Waals surface area contributed by atoms with Crippen molar-refractivity contribution >= 4 is 21.6 Å². The molecule has 0 aliphatic carbocycles. The van der Waals surface area contributed by atoms with Crippen molar-refractivity contribution in [3.05, 3.63) is 77.9 Å². The molecular formula is C19H19F3N2O3S. The van der Waals surface area contributed by atoms with Gasteiger partial charge in [0.15, 0.2) is 0 Å². The second kappa shape index (κ2) is 8.47. The van der Waals surface area contributed by atoms with E-state index in [4.69, 9.17) is 0 Å². The van der Waals surface area contributed by atoms with Crippen LogP contribution in [0.3, 0.4) is 0 Å². The summed E-state index contributed by atoms with van der Waals surface area (Å²) < 4.78 is 63.0. The van der Waals surface area contributed by atoms with Gasteiger partial charge in [-0.15, -0.1) is 6.58 Å². The van der Waals surface area contributed by atoms with Crippen molar-refractivity contribution in [1.82, 2.24) is 5.32 Å². The molecule has 2 rings (SSSR count). The fraction of sp³-hybridized carbons (Fsp3) is 0.211. The summed E-state index contributed by atoms with van der Waals surface area (Å²) in [5.74, 6) is -0.487. The minimum Gasteiger partial charge on any atom is -0.348 e. The van der Waals surface area contributed by atoms with Gasteiger partial charge in [0.25, 0.3) is 5.91 Å². The molecule has 1 amide bonds. The Morgan fingerprint density at radius 2 is 1.82 bits per heavy atom. The van der Waals surface area contributed by atoms with E-state index in [9.17, 15) is 26.4 Å². The molecule has 0 aliphatic heterocycles. The van der Waals surface area contributed by atoms with Gasteiger partial charge in [0.05, 0.1) is 24.1 Å². The van der Waals surface area contributed by atoms with Crippen molar-refractivity contribution in [3.8, 4) is 0 Å². The fourth-order valence-electron chi connectivity index (χ4n) is 2.47. The summed E-state index contributed by atoms with van der Waals surface area (Å²) >= 11 is 0. The molecule has 5 nitrogen and oxygen atoms in total. The number of amides is 1. The zero-order chi connectivity index (χ0) is 20.9. The van der Waals surface area contributed by atoms with Crippen LogP contribution in [0.15, 0.2) is 61.2 Å². The van der Waals surface area contributed by atoms with Gasteiger partial charge in [0.2, 0.25) is 10.0 Å². The highest BCUT2D eigenvalue weighted by molar-refractivity contribution is 7.92. The Morgan fingerprint density at radius 1 is 1.18 bits per heavy atom. The molecule has 0 aromatic heterocycles. The summed E-state index contributed by atoms with van der Waals surface area (Å²) in [6.45, 7) is 3.53. The summed E-state index contributed by atoms with van der Waals surface area (Å²) in [5.41, 5.74) is 0.153. The quantitative estimate of drug-likeness (QED) is 0.707. The summed E-state index contributed by atoms with van der Waals surface area (Å²) in [6, 6.07) is 10.5. The van der Waals surface area contributed by atoms with E-state index in [1.54, 1.807) is 0 Å². The van der Waals surface area contributed by atoms with Gasteiger partial charge in [0.1, 0.15) is 0 Å². The van der Waals surface area contributed by atoms with Crippen LogP contribution in [-0.2, 0) is 22.7 Å². The van der Waals surface area contributed by atoms with E-state index >= 15 is 0 Å². The standard InChI is InChI=1S/C19H19F3N2O3S/c1-3-11-24(28(2,26)27)17-9-7-15(8-10-17)18(25)23-13-14-5-4-6-16(12-14)19(20,21)22/h3-10,12H,1,11,13H2,2H3,(H,23,25). The van der Waals surface area contributed by atoms with Crippen molar-refractivity contribution in [2.24, 2.45) is 0 Å². The van der Waals surface area contributed by atoms with E-state index in [0.29, 0.717) is 11.3 Å². The Kier molecular flexibility index (Phi) is 6.50. The Bertz CT molecular complexity index is 955. The highest BCUT2D eigenvalue weighted by Gasteiger charge is 2.30. The monoisotopic (exact) mass is 412 g/mol. The van der Waals surface area contributed by atoms with Crippen molar-refractivity contribution < 1.29 is 26.4 Å². The normalized spacial score (nSPS) is 11.7. The number of anilines is 1. The average Bonchev–Trinajstić information content (AvgIpc) is 2.63. The molecule has 0 fully saturated rings. The Hall–Kier alpha value is -2.81. The molecule has 0 spiro atoms. The van der Waals surface area contributed by atoms with Crippen LogP contribution in [-0.4, -0.2) is 27.1 Å². The molecule has 28 heavy (non-hydrogen) atoms. The maximum absolute atomic E-state index is 12.7. The number of sulfonamides is 1. The van der Waals surface area contributed by atoms with Crippen molar-refractivity contribution in [1.29, 1.82) is 0 Å². The predicted molar refractivity (Wildman–Crippen MR) is 101 cm³/mol. The SMILES string of the molecule is C=CCN(c1ccc(C(=O)NCc2cccc(C(F)(F)F)c2)cc1)S(C)(=O)=O. The van der Waals surface area contributed by atoms with E-state index in [0.717, 1.165) is 22.7 Å². The molecule has 0 saturated heterocycles. The number of hydrogen-bond donors (Lipinski definition) is 1. The van der Waals surface area contributed by atoms with Crippen LogP contribution in [0.4, 0.5) is 18.9 Å². The molecule has 0 heterocycles. The summed E-state index contributed by atoms with van der Waals surface area (Å²) in [7, 11) is -3.51. The fourth-order valence-corrected chi connectivity index (χ4v) is 3.35. The minimum absolute atomic E-state index is 0.0730. The summed E-state index contributed by atoms with van der Waals surface area (Å²) in [4.78, 5) is 12.2. The van der Waals surface area contributed by atoms with Gasteiger partial charge in [-0.05, 0) is 42.0 Å². The number of halogens is 3. The van der Waals surface area contributed by atoms with Gasteiger partial charge in [-0.25, -0.2) is 8.42 Å². The van der Waals surface area contributed by atoms with E-state index in [1.165, 1.54) is 42.5 Å². The third-order valence-corrected chi connectivity index (χ3v) is 4.98. The number of rotatable bonds is 7. The lowest BCUT2D eigenvalue weighted by Gasteiger charge is -2.20. The number of carbonyl (C=O) groups excluding carboxylic acids is 1. The first kappa shape index (κ1) is 21.5. The molecule has 0 atom stereocenters. The molecule has 0 aliphatic rings. The predicted octanol–water partition coefficient (Wildman–Crippen LogP) is 3.59. The van der Waals surface area contributed by atoms with Gasteiger partial charge in [0, 0.05) is 12.1 Å². The van der Waals surface area contributed by atoms with Crippen LogP contribution in [0, 0.1) is 0 Å². The molecule has 0 unspecified atom stereocenters. The Morgan fingerprint density at radius 3 is 2.36 bits per heavy atom. The maximum atomic E-state index is 12.7. The topological polar surface area (TPSA) is 66.5 Å². The zero-order valence-electron chi connectivity index (χ0n) is 15.0. The molecular weight excluding hydrogens is 393 g/mol. The van der Waals surface area contributed by atoms with Gasteiger partial charge in [-0.1, -0.05) is 18.2 Å². The van der Waals surface area contributed by atoms with E-state index in [2.05, 4.69) is 11.9 Å². The third-order valence-electron chi connectivity index (χ3n) is 3.82. The van der Waals surface area contributed by atoms with E-state index in [-0.39, 0.29) is 18.7 Å². The summed E-state index contributed by atoms with van der Waals surface area (Å²) in [6.07, 6.45) is -1.95. The lowest BCUT2D eigenvalue weighted by atomic mass is 10.1. The molecule has 0 saturated carbocycles. The maximum Gasteiger partial charge on any atom is 0.416 e. The largest absolute Gasteiger partial charge is 0.416 e. The van der Waals surface area contributed by atoms with Crippen LogP contribution in [0.25, 0.3) is 0 Å². The van der Waals surface area contributed by atoms with Gasteiger partial charge in [-0.2, -0.15) is 13.2 Å². The minimum atomic E-state index is -4.45. The van der Waals surface area contributed by atoms with Crippen molar-refractivity contribution in [2.45, 2.75) is 12.7 Å². The Balaban J connectivity index is 2.08. The highest BCUT2D eigenvalue weighted by Crippen LogP contribution is 2.29. The van der Waals surface area contributed by atoms with Gasteiger partial charge < -0.3 is 5.32 Å². The lowest BCUT2D eigenvalue weighted by molar-refractivity contribution is -0.137.